The molecule has 2 saturated heterocycles. The number of aromatic carboxylic acids is 1. The molecule has 2 amide bonds. The predicted molar refractivity (Wildman–Crippen MR) is 97.0 cm³/mol. The van der Waals surface area contributed by atoms with E-state index in [2.05, 4.69) is 0 Å². The molecule has 2 heterocycles. The number of amides is 2. The Bertz CT molecular complexity index is 671. The summed E-state index contributed by atoms with van der Waals surface area (Å²) in [5.41, 5.74) is 1.38. The number of hydrogen-bond acceptors (Lipinski definition) is 3. The highest BCUT2D eigenvalue weighted by atomic mass is 16.4. The van der Waals surface area contributed by atoms with Gasteiger partial charge in [-0.2, -0.15) is 0 Å². The van der Waals surface area contributed by atoms with Crippen molar-refractivity contribution in [2.75, 3.05) is 26.2 Å². The minimum absolute atomic E-state index is 0.156. The predicted octanol–water partition coefficient (Wildman–Crippen LogP) is 2.49. The van der Waals surface area contributed by atoms with Crippen molar-refractivity contribution in [2.24, 2.45) is 0 Å². The maximum absolute atomic E-state index is 12.5. The molecule has 0 saturated carbocycles. The average molecular weight is 358 g/mol. The smallest absolute Gasteiger partial charge is 0.335 e. The van der Waals surface area contributed by atoms with E-state index >= 15 is 0 Å². The van der Waals surface area contributed by atoms with Crippen LogP contribution in [0, 0.1) is 0 Å². The van der Waals surface area contributed by atoms with Crippen LogP contribution in [0.5, 0.6) is 0 Å². The van der Waals surface area contributed by atoms with E-state index in [1.165, 1.54) is 0 Å². The Hall–Kier alpha value is -2.37. The van der Waals surface area contributed by atoms with Crippen LogP contribution in [-0.2, 0) is 9.59 Å². The summed E-state index contributed by atoms with van der Waals surface area (Å²) < 4.78 is 0. The summed E-state index contributed by atoms with van der Waals surface area (Å²) in [6.07, 6.45) is 4.75. The number of nitrogens with zero attached hydrogens (tertiary/aromatic N) is 2. The minimum Gasteiger partial charge on any atom is -0.478 e. The molecule has 2 aliphatic heterocycles. The topological polar surface area (TPSA) is 77.9 Å². The van der Waals surface area contributed by atoms with E-state index < -0.39 is 5.97 Å². The lowest BCUT2D eigenvalue weighted by Crippen LogP contribution is -2.39. The molecule has 6 heteroatoms. The molecule has 1 N–H and O–H groups in total. The van der Waals surface area contributed by atoms with Gasteiger partial charge in [0.25, 0.3) is 0 Å². The minimum atomic E-state index is -0.923. The van der Waals surface area contributed by atoms with Gasteiger partial charge in [-0.3, -0.25) is 9.59 Å². The molecule has 6 nitrogen and oxygen atoms in total. The summed E-state index contributed by atoms with van der Waals surface area (Å²) in [6.45, 7) is 2.97. The first kappa shape index (κ1) is 18.4. The first-order chi connectivity index (χ1) is 12.5. The van der Waals surface area contributed by atoms with Gasteiger partial charge in [-0.1, -0.05) is 12.1 Å². The van der Waals surface area contributed by atoms with Crippen molar-refractivity contribution >= 4 is 17.8 Å². The van der Waals surface area contributed by atoms with Gasteiger partial charge < -0.3 is 14.9 Å². The molecule has 2 fully saturated rings. The molecule has 0 bridgehead atoms. The zero-order valence-electron chi connectivity index (χ0n) is 15.0. The Morgan fingerprint density at radius 2 is 1.88 bits per heavy atom. The lowest BCUT2D eigenvalue weighted by molar-refractivity contribution is -0.133. The maximum Gasteiger partial charge on any atom is 0.335 e. The van der Waals surface area contributed by atoms with Crippen molar-refractivity contribution in [3.05, 3.63) is 35.4 Å². The van der Waals surface area contributed by atoms with Crippen molar-refractivity contribution in [1.29, 1.82) is 0 Å². The van der Waals surface area contributed by atoms with Crippen molar-refractivity contribution in [3.8, 4) is 0 Å². The fraction of sp³-hybridized carbons (Fsp3) is 0.550. The van der Waals surface area contributed by atoms with Crippen molar-refractivity contribution < 1.29 is 19.5 Å². The van der Waals surface area contributed by atoms with E-state index in [0.29, 0.717) is 25.9 Å². The second kappa shape index (κ2) is 8.34. The van der Waals surface area contributed by atoms with Crippen LogP contribution in [0.1, 0.15) is 60.4 Å². The van der Waals surface area contributed by atoms with E-state index in [0.717, 1.165) is 44.3 Å². The molecule has 0 aromatic heterocycles. The number of hydrogen-bond donors (Lipinski definition) is 1. The number of benzene rings is 1. The fourth-order valence-corrected chi connectivity index (χ4v) is 3.89. The number of carboxylic acids is 1. The number of piperidine rings is 1. The first-order valence-electron chi connectivity index (χ1n) is 9.43. The van der Waals surface area contributed by atoms with Gasteiger partial charge >= 0.3 is 5.97 Å². The van der Waals surface area contributed by atoms with Gasteiger partial charge in [0.2, 0.25) is 11.8 Å². The van der Waals surface area contributed by atoms with Crippen molar-refractivity contribution in [2.45, 2.75) is 44.4 Å². The second-order valence-electron chi connectivity index (χ2n) is 7.19. The summed E-state index contributed by atoms with van der Waals surface area (Å²) in [5, 5.41) is 9.00. The van der Waals surface area contributed by atoms with Gasteiger partial charge in [-0.05, 0) is 43.4 Å². The van der Waals surface area contributed by atoms with Crippen LogP contribution in [0.25, 0.3) is 0 Å². The molecular formula is C20H26N2O4. The van der Waals surface area contributed by atoms with Crippen LogP contribution >= 0.6 is 0 Å². The Labute approximate surface area is 153 Å². The fourth-order valence-electron chi connectivity index (χ4n) is 3.89. The average Bonchev–Trinajstić information content (AvgIpc) is 3.07. The lowest BCUT2D eigenvalue weighted by Gasteiger charge is -2.33. The van der Waals surface area contributed by atoms with Gasteiger partial charge in [-0.15, -0.1) is 0 Å². The largest absolute Gasteiger partial charge is 0.478 e. The third-order valence-corrected chi connectivity index (χ3v) is 5.39. The normalized spacial score (nSPS) is 20.5. The number of likely N-dealkylation sites (tertiary alicyclic amines) is 2. The molecule has 26 heavy (non-hydrogen) atoms. The standard InChI is InChI=1S/C20H26N2O4/c23-18-5-2-11-21(18)12-3-6-19(24)22-13-1-4-17(14-22)15-7-9-16(10-8-15)20(25)26/h7-10,17H,1-6,11-14H2,(H,25,26). The molecular weight excluding hydrogens is 332 g/mol. The van der Waals surface area contributed by atoms with E-state index in [4.69, 9.17) is 5.11 Å². The Morgan fingerprint density at radius 1 is 1.12 bits per heavy atom. The van der Waals surface area contributed by atoms with Gasteiger partial charge in [0.1, 0.15) is 0 Å². The Balaban J connectivity index is 1.50. The Kier molecular flexibility index (Phi) is 5.91. The van der Waals surface area contributed by atoms with Crippen LogP contribution in [-0.4, -0.2) is 58.9 Å². The number of carbonyl (C=O) groups excluding carboxylic acids is 2. The monoisotopic (exact) mass is 358 g/mol. The van der Waals surface area contributed by atoms with Gasteiger partial charge in [0.15, 0.2) is 0 Å². The number of carboxylic acid groups (broad SMARTS) is 1. The molecule has 1 aromatic carbocycles. The second-order valence-corrected chi connectivity index (χ2v) is 7.19. The van der Waals surface area contributed by atoms with Crippen LogP contribution in [0.15, 0.2) is 24.3 Å². The molecule has 140 valence electrons. The highest BCUT2D eigenvalue weighted by molar-refractivity contribution is 5.87. The third kappa shape index (κ3) is 4.42. The summed E-state index contributed by atoms with van der Waals surface area (Å²) in [6, 6.07) is 6.99. The SMILES string of the molecule is O=C(O)c1ccc(C2CCCN(C(=O)CCCN3CCCC3=O)C2)cc1. The van der Waals surface area contributed by atoms with Crippen LogP contribution in [0.4, 0.5) is 0 Å². The summed E-state index contributed by atoms with van der Waals surface area (Å²) >= 11 is 0. The zero-order chi connectivity index (χ0) is 18.5. The van der Waals surface area contributed by atoms with E-state index in [-0.39, 0.29) is 23.3 Å². The van der Waals surface area contributed by atoms with Crippen molar-refractivity contribution in [3.63, 3.8) is 0 Å². The first-order valence-corrected chi connectivity index (χ1v) is 9.43. The third-order valence-electron chi connectivity index (χ3n) is 5.39. The highest BCUT2D eigenvalue weighted by Gasteiger charge is 2.25. The maximum atomic E-state index is 12.5. The van der Waals surface area contributed by atoms with E-state index in [9.17, 15) is 14.4 Å². The molecule has 0 aliphatic carbocycles. The molecule has 1 atom stereocenters. The van der Waals surface area contributed by atoms with Crippen molar-refractivity contribution in [1.82, 2.24) is 9.80 Å². The molecule has 0 radical (unpaired) electrons. The molecule has 1 aromatic rings. The van der Waals surface area contributed by atoms with E-state index in [1.54, 1.807) is 12.1 Å². The molecule has 3 rings (SSSR count). The summed E-state index contributed by atoms with van der Waals surface area (Å²) in [7, 11) is 0. The zero-order valence-corrected chi connectivity index (χ0v) is 15.0. The molecule has 0 spiro atoms. The van der Waals surface area contributed by atoms with Gasteiger partial charge in [-0.25, -0.2) is 4.79 Å². The quantitative estimate of drug-likeness (QED) is 0.847. The summed E-state index contributed by atoms with van der Waals surface area (Å²) in [5.74, 6) is -0.298. The highest BCUT2D eigenvalue weighted by Crippen LogP contribution is 2.27. The number of rotatable bonds is 6. The molecule has 2 aliphatic rings. The number of carbonyl (C=O) groups is 3. The Morgan fingerprint density at radius 3 is 2.54 bits per heavy atom. The lowest BCUT2D eigenvalue weighted by atomic mass is 9.90. The van der Waals surface area contributed by atoms with E-state index in [1.807, 2.05) is 21.9 Å². The van der Waals surface area contributed by atoms with Gasteiger partial charge in [0, 0.05) is 44.9 Å². The van der Waals surface area contributed by atoms with Gasteiger partial charge in [0.05, 0.1) is 5.56 Å². The molecule has 1 unspecified atom stereocenters. The summed E-state index contributed by atoms with van der Waals surface area (Å²) in [4.78, 5) is 38.9. The van der Waals surface area contributed by atoms with Crippen LogP contribution in [0.2, 0.25) is 0 Å². The van der Waals surface area contributed by atoms with Crippen LogP contribution < -0.4 is 0 Å². The van der Waals surface area contributed by atoms with Crippen LogP contribution in [0.3, 0.4) is 0 Å².